The van der Waals surface area contributed by atoms with E-state index in [0.29, 0.717) is 19.0 Å². The number of imidazole rings is 1. The summed E-state index contributed by atoms with van der Waals surface area (Å²) in [6.45, 7) is 3.01. The second-order valence-electron chi connectivity index (χ2n) is 6.60. The summed E-state index contributed by atoms with van der Waals surface area (Å²) in [4.78, 5) is 18.8. The van der Waals surface area contributed by atoms with Crippen molar-refractivity contribution in [3.05, 3.63) is 30.6 Å². The van der Waals surface area contributed by atoms with Gasteiger partial charge < -0.3 is 9.47 Å². The van der Waals surface area contributed by atoms with Gasteiger partial charge in [0.05, 0.1) is 17.4 Å². The van der Waals surface area contributed by atoms with Gasteiger partial charge in [0.2, 0.25) is 5.91 Å². The molecule has 0 unspecified atom stereocenters. The molecule has 0 N–H and O–H groups in total. The first kappa shape index (κ1) is 15.1. The van der Waals surface area contributed by atoms with Crippen LogP contribution in [0.2, 0.25) is 0 Å². The number of fused-ring (bicyclic) bond motifs is 1. The van der Waals surface area contributed by atoms with E-state index >= 15 is 0 Å². The van der Waals surface area contributed by atoms with Crippen LogP contribution in [0.25, 0.3) is 11.0 Å². The van der Waals surface area contributed by atoms with Crippen LogP contribution in [-0.2, 0) is 11.3 Å². The summed E-state index contributed by atoms with van der Waals surface area (Å²) >= 11 is 0. The molecule has 2 aromatic rings. The molecule has 0 spiro atoms. The average molecular weight is 299 g/mol. The highest BCUT2D eigenvalue weighted by atomic mass is 16.2. The predicted molar refractivity (Wildman–Crippen MR) is 88.5 cm³/mol. The van der Waals surface area contributed by atoms with Crippen molar-refractivity contribution in [2.75, 3.05) is 7.05 Å². The number of aryl methyl sites for hydroxylation is 1. The maximum absolute atomic E-state index is 12.4. The van der Waals surface area contributed by atoms with Crippen LogP contribution in [0.4, 0.5) is 0 Å². The molecule has 1 aromatic heterocycles. The summed E-state index contributed by atoms with van der Waals surface area (Å²) in [6.07, 6.45) is 7.17. The third-order valence-corrected chi connectivity index (χ3v) is 5.02. The minimum atomic E-state index is 0.248. The molecule has 22 heavy (non-hydrogen) atoms. The van der Waals surface area contributed by atoms with Crippen molar-refractivity contribution < 1.29 is 4.79 Å². The lowest BCUT2D eigenvalue weighted by atomic mass is 9.86. The monoisotopic (exact) mass is 299 g/mol. The first-order chi connectivity index (χ1) is 10.6. The van der Waals surface area contributed by atoms with Gasteiger partial charge in [0.15, 0.2) is 0 Å². The lowest BCUT2D eigenvalue weighted by Gasteiger charge is -2.33. The van der Waals surface area contributed by atoms with Crippen LogP contribution in [0.1, 0.15) is 39.0 Å². The number of aromatic nitrogens is 2. The van der Waals surface area contributed by atoms with Gasteiger partial charge in [-0.05, 0) is 43.7 Å². The Hall–Kier alpha value is -1.84. The Balaban J connectivity index is 1.57. The summed E-state index contributed by atoms with van der Waals surface area (Å²) in [6, 6.07) is 8.49. The van der Waals surface area contributed by atoms with E-state index in [-0.39, 0.29) is 5.91 Å². The maximum atomic E-state index is 12.4. The van der Waals surface area contributed by atoms with Gasteiger partial charge in [-0.2, -0.15) is 0 Å². The first-order valence-electron chi connectivity index (χ1n) is 8.30. The van der Waals surface area contributed by atoms with Gasteiger partial charge in [-0.25, -0.2) is 4.98 Å². The summed E-state index contributed by atoms with van der Waals surface area (Å²) in [5.74, 6) is 1.06. The van der Waals surface area contributed by atoms with Crippen LogP contribution in [0.3, 0.4) is 0 Å². The zero-order valence-corrected chi connectivity index (χ0v) is 13.5. The Morgan fingerprint density at radius 3 is 2.77 bits per heavy atom. The molecule has 0 radical (unpaired) electrons. The largest absolute Gasteiger partial charge is 0.343 e. The number of carbonyl (C=O) groups is 1. The lowest BCUT2D eigenvalue weighted by Crippen LogP contribution is -2.39. The predicted octanol–water partition coefficient (Wildman–Crippen LogP) is 3.46. The van der Waals surface area contributed by atoms with Gasteiger partial charge in [0.1, 0.15) is 0 Å². The quantitative estimate of drug-likeness (QED) is 0.867. The van der Waals surface area contributed by atoms with E-state index < -0.39 is 0 Å². The Morgan fingerprint density at radius 2 is 2.00 bits per heavy atom. The second kappa shape index (κ2) is 6.51. The van der Waals surface area contributed by atoms with E-state index in [2.05, 4.69) is 22.5 Å². The molecule has 1 aliphatic rings. The molecular weight excluding hydrogens is 274 g/mol. The minimum Gasteiger partial charge on any atom is -0.343 e. The maximum Gasteiger partial charge on any atom is 0.224 e. The fraction of sp³-hybridized carbons (Fsp3) is 0.556. The Bertz CT molecular complexity index is 641. The molecule has 4 heteroatoms. The molecule has 0 saturated heterocycles. The molecule has 0 atom stereocenters. The number of hydrogen-bond donors (Lipinski definition) is 0. The van der Waals surface area contributed by atoms with Gasteiger partial charge in [-0.3, -0.25) is 4.79 Å². The molecular formula is C18H25N3O. The van der Waals surface area contributed by atoms with Crippen molar-refractivity contribution in [2.45, 2.75) is 51.6 Å². The summed E-state index contributed by atoms with van der Waals surface area (Å²) in [5, 5.41) is 0. The highest BCUT2D eigenvalue weighted by Gasteiger charge is 2.24. The fourth-order valence-electron chi connectivity index (χ4n) is 3.41. The molecule has 4 nitrogen and oxygen atoms in total. The van der Waals surface area contributed by atoms with E-state index in [0.717, 1.165) is 29.8 Å². The summed E-state index contributed by atoms with van der Waals surface area (Å²) < 4.78 is 2.07. The third-order valence-electron chi connectivity index (χ3n) is 5.02. The molecule has 118 valence electrons. The first-order valence-corrected chi connectivity index (χ1v) is 8.30. The molecule has 1 heterocycles. The Kier molecular flexibility index (Phi) is 4.46. The van der Waals surface area contributed by atoms with Crippen molar-refractivity contribution in [1.29, 1.82) is 0 Å². The number of hydrogen-bond acceptors (Lipinski definition) is 2. The number of rotatable bonds is 4. The second-order valence-corrected chi connectivity index (χ2v) is 6.60. The number of carbonyl (C=O) groups excluding carboxylic acids is 1. The van der Waals surface area contributed by atoms with Crippen molar-refractivity contribution in [2.24, 2.45) is 5.92 Å². The van der Waals surface area contributed by atoms with E-state index in [1.165, 1.54) is 12.8 Å². The van der Waals surface area contributed by atoms with E-state index in [1.807, 2.05) is 36.5 Å². The van der Waals surface area contributed by atoms with Crippen molar-refractivity contribution in [3.63, 3.8) is 0 Å². The van der Waals surface area contributed by atoms with Gasteiger partial charge in [-0.15, -0.1) is 0 Å². The van der Waals surface area contributed by atoms with Crippen molar-refractivity contribution >= 4 is 16.9 Å². The smallest absolute Gasteiger partial charge is 0.224 e. The van der Waals surface area contributed by atoms with Crippen molar-refractivity contribution in [1.82, 2.24) is 14.5 Å². The van der Waals surface area contributed by atoms with E-state index in [1.54, 1.807) is 0 Å². The number of amides is 1. The molecule has 0 bridgehead atoms. The molecule has 0 aliphatic heterocycles. The van der Waals surface area contributed by atoms with Crippen LogP contribution < -0.4 is 0 Å². The zero-order chi connectivity index (χ0) is 15.5. The summed E-state index contributed by atoms with van der Waals surface area (Å²) in [5.41, 5.74) is 2.09. The average Bonchev–Trinajstić information content (AvgIpc) is 2.96. The molecule has 3 rings (SSSR count). The molecule has 1 saturated carbocycles. The topological polar surface area (TPSA) is 38.1 Å². The minimum absolute atomic E-state index is 0.248. The number of benzene rings is 1. The van der Waals surface area contributed by atoms with E-state index in [9.17, 15) is 4.79 Å². The van der Waals surface area contributed by atoms with Crippen LogP contribution in [0, 0.1) is 5.92 Å². The molecule has 1 aromatic carbocycles. The van der Waals surface area contributed by atoms with Gasteiger partial charge in [0, 0.05) is 26.1 Å². The standard InChI is InChI=1S/C18H25N3O/c1-14-7-9-15(10-8-14)20(2)18(22)11-12-21-13-19-16-5-3-4-6-17(16)21/h3-6,13-15H,7-12H2,1-2H3. The lowest BCUT2D eigenvalue weighted by molar-refractivity contribution is -0.132. The Labute approximate surface area is 132 Å². The molecule has 1 aliphatic carbocycles. The molecule has 1 amide bonds. The fourth-order valence-corrected chi connectivity index (χ4v) is 3.41. The van der Waals surface area contributed by atoms with Crippen molar-refractivity contribution in [3.8, 4) is 0 Å². The third kappa shape index (κ3) is 3.16. The van der Waals surface area contributed by atoms with Gasteiger partial charge >= 0.3 is 0 Å². The summed E-state index contributed by atoms with van der Waals surface area (Å²) in [7, 11) is 1.97. The zero-order valence-electron chi connectivity index (χ0n) is 13.5. The van der Waals surface area contributed by atoms with Crippen LogP contribution in [0.5, 0.6) is 0 Å². The van der Waals surface area contributed by atoms with Crippen LogP contribution >= 0.6 is 0 Å². The Morgan fingerprint density at radius 1 is 1.27 bits per heavy atom. The highest BCUT2D eigenvalue weighted by molar-refractivity contribution is 5.77. The number of nitrogens with zero attached hydrogens (tertiary/aromatic N) is 3. The van der Waals surface area contributed by atoms with Gasteiger partial charge in [0.25, 0.3) is 0 Å². The highest BCUT2D eigenvalue weighted by Crippen LogP contribution is 2.26. The van der Waals surface area contributed by atoms with Crippen LogP contribution in [0.15, 0.2) is 30.6 Å². The van der Waals surface area contributed by atoms with Gasteiger partial charge in [-0.1, -0.05) is 19.1 Å². The van der Waals surface area contributed by atoms with Crippen LogP contribution in [-0.4, -0.2) is 33.4 Å². The molecule has 1 fully saturated rings. The van der Waals surface area contributed by atoms with E-state index in [4.69, 9.17) is 0 Å². The SMILES string of the molecule is CC1CCC(N(C)C(=O)CCn2cnc3ccccc32)CC1. The number of para-hydroxylation sites is 2. The normalized spacial score (nSPS) is 21.9.